The van der Waals surface area contributed by atoms with Gasteiger partial charge in [0.05, 0.1) is 12.3 Å². The number of hydrogen-bond acceptors (Lipinski definition) is 3. The molecule has 1 fully saturated rings. The lowest BCUT2D eigenvalue weighted by atomic mass is 10.1. The molecule has 1 N–H and O–H groups in total. The number of aliphatic hydroxyl groups excluding tert-OH is 1. The molecule has 1 aliphatic heterocycles. The summed E-state index contributed by atoms with van der Waals surface area (Å²) in [4.78, 5) is 0. The quantitative estimate of drug-likeness (QED) is 0.900. The lowest BCUT2D eigenvalue weighted by Crippen LogP contribution is -2.52. The summed E-state index contributed by atoms with van der Waals surface area (Å²) in [7, 11) is -3.77. The third-order valence-electron chi connectivity index (χ3n) is 3.74. The van der Waals surface area contributed by atoms with E-state index in [-0.39, 0.29) is 13.2 Å². The van der Waals surface area contributed by atoms with E-state index in [2.05, 4.69) is 0 Å². The standard InChI is InChI=1S/C14H21FN2O3S/c1-2-16(13-8-5-6-12(15)10-13)21(19,20)17-9-4-3-7-14(17)11-18/h5-6,8,10,14,18H,2-4,7,9,11H2,1H3. The minimum absolute atomic E-state index is 0.195. The number of benzene rings is 1. The average molecular weight is 316 g/mol. The van der Waals surface area contributed by atoms with Gasteiger partial charge in [0, 0.05) is 19.1 Å². The number of rotatable bonds is 5. The van der Waals surface area contributed by atoms with Gasteiger partial charge < -0.3 is 5.11 Å². The van der Waals surface area contributed by atoms with Crippen LogP contribution in [0.2, 0.25) is 0 Å². The van der Waals surface area contributed by atoms with Crippen LogP contribution in [-0.4, -0.2) is 43.6 Å². The molecule has 0 aromatic heterocycles. The van der Waals surface area contributed by atoms with Crippen molar-refractivity contribution in [2.45, 2.75) is 32.2 Å². The van der Waals surface area contributed by atoms with E-state index in [0.717, 1.165) is 12.8 Å². The van der Waals surface area contributed by atoms with Gasteiger partial charge in [0.1, 0.15) is 5.82 Å². The first-order valence-electron chi connectivity index (χ1n) is 7.16. The van der Waals surface area contributed by atoms with E-state index in [9.17, 15) is 17.9 Å². The van der Waals surface area contributed by atoms with Crippen LogP contribution in [0.3, 0.4) is 0 Å². The second kappa shape index (κ2) is 6.72. The molecule has 0 bridgehead atoms. The molecule has 1 atom stereocenters. The smallest absolute Gasteiger partial charge is 0.304 e. The van der Waals surface area contributed by atoms with Crippen molar-refractivity contribution in [1.82, 2.24) is 4.31 Å². The van der Waals surface area contributed by atoms with Gasteiger partial charge in [-0.1, -0.05) is 12.5 Å². The summed E-state index contributed by atoms with van der Waals surface area (Å²) < 4.78 is 41.5. The fourth-order valence-electron chi connectivity index (χ4n) is 2.70. The predicted octanol–water partition coefficient (Wildman–Crippen LogP) is 1.74. The highest BCUT2D eigenvalue weighted by Gasteiger charge is 2.35. The molecule has 1 aromatic carbocycles. The van der Waals surface area contributed by atoms with Crippen LogP contribution in [0.15, 0.2) is 24.3 Å². The van der Waals surface area contributed by atoms with Crippen LogP contribution < -0.4 is 4.31 Å². The Morgan fingerprint density at radius 3 is 2.81 bits per heavy atom. The van der Waals surface area contributed by atoms with Crippen molar-refractivity contribution >= 4 is 15.9 Å². The Labute approximate surface area is 125 Å². The van der Waals surface area contributed by atoms with E-state index < -0.39 is 22.1 Å². The molecule has 21 heavy (non-hydrogen) atoms. The Balaban J connectivity index is 2.35. The van der Waals surface area contributed by atoms with E-state index in [1.165, 1.54) is 26.8 Å². The van der Waals surface area contributed by atoms with E-state index >= 15 is 0 Å². The lowest BCUT2D eigenvalue weighted by molar-refractivity contribution is 0.155. The van der Waals surface area contributed by atoms with E-state index in [1.54, 1.807) is 13.0 Å². The van der Waals surface area contributed by atoms with Gasteiger partial charge in [0.2, 0.25) is 0 Å². The zero-order chi connectivity index (χ0) is 15.5. The molecule has 1 aromatic rings. The van der Waals surface area contributed by atoms with Gasteiger partial charge in [-0.15, -0.1) is 0 Å². The van der Waals surface area contributed by atoms with Crippen LogP contribution in [-0.2, 0) is 10.2 Å². The largest absolute Gasteiger partial charge is 0.395 e. The van der Waals surface area contributed by atoms with Crippen LogP contribution in [0.1, 0.15) is 26.2 Å². The normalized spacial score (nSPS) is 20.4. The molecule has 5 nitrogen and oxygen atoms in total. The fraction of sp³-hybridized carbons (Fsp3) is 0.571. The molecule has 118 valence electrons. The number of piperidine rings is 1. The molecular weight excluding hydrogens is 295 g/mol. The van der Waals surface area contributed by atoms with Gasteiger partial charge in [-0.2, -0.15) is 12.7 Å². The van der Waals surface area contributed by atoms with Crippen molar-refractivity contribution < 1.29 is 17.9 Å². The average Bonchev–Trinajstić information content (AvgIpc) is 2.47. The van der Waals surface area contributed by atoms with Crippen molar-refractivity contribution in [3.05, 3.63) is 30.1 Å². The molecule has 7 heteroatoms. The molecule has 0 spiro atoms. The summed E-state index contributed by atoms with van der Waals surface area (Å²) in [5, 5.41) is 9.41. The fourth-order valence-corrected chi connectivity index (χ4v) is 4.57. The number of halogens is 1. The van der Waals surface area contributed by atoms with E-state index in [1.807, 2.05) is 0 Å². The molecular formula is C14H21FN2O3S. The molecule has 0 aliphatic carbocycles. The van der Waals surface area contributed by atoms with Gasteiger partial charge in [-0.05, 0) is 38.0 Å². The van der Waals surface area contributed by atoms with Crippen molar-refractivity contribution in [3.63, 3.8) is 0 Å². The zero-order valence-electron chi connectivity index (χ0n) is 12.1. The Morgan fingerprint density at radius 1 is 1.43 bits per heavy atom. The predicted molar refractivity (Wildman–Crippen MR) is 79.8 cm³/mol. The van der Waals surface area contributed by atoms with Crippen LogP contribution >= 0.6 is 0 Å². The summed E-state index contributed by atoms with van der Waals surface area (Å²) in [6.07, 6.45) is 2.33. The van der Waals surface area contributed by atoms with Gasteiger partial charge in [-0.3, -0.25) is 4.31 Å². The SMILES string of the molecule is CCN(c1cccc(F)c1)S(=O)(=O)N1CCCCC1CO. The molecule has 1 unspecified atom stereocenters. The summed E-state index contributed by atoms with van der Waals surface area (Å²) >= 11 is 0. The summed E-state index contributed by atoms with van der Waals surface area (Å²) in [5.41, 5.74) is 0.305. The maximum Gasteiger partial charge on any atom is 0.304 e. The minimum Gasteiger partial charge on any atom is -0.395 e. The zero-order valence-corrected chi connectivity index (χ0v) is 12.9. The van der Waals surface area contributed by atoms with E-state index in [4.69, 9.17) is 0 Å². The summed E-state index contributed by atoms with van der Waals surface area (Å²) in [5.74, 6) is -0.474. The van der Waals surface area contributed by atoms with Gasteiger partial charge >= 0.3 is 10.2 Å². The lowest BCUT2D eigenvalue weighted by Gasteiger charge is -2.37. The molecule has 1 aliphatic rings. The second-order valence-electron chi connectivity index (χ2n) is 5.10. The number of aliphatic hydroxyl groups is 1. The highest BCUT2D eigenvalue weighted by molar-refractivity contribution is 7.90. The van der Waals surface area contributed by atoms with Gasteiger partial charge in [0.25, 0.3) is 0 Å². The van der Waals surface area contributed by atoms with Gasteiger partial charge in [0.15, 0.2) is 0 Å². The maximum absolute atomic E-state index is 13.4. The first-order chi connectivity index (χ1) is 10.0. The molecule has 0 saturated carbocycles. The molecule has 2 rings (SSSR count). The number of hydrogen-bond donors (Lipinski definition) is 1. The van der Waals surface area contributed by atoms with Crippen LogP contribution in [0.5, 0.6) is 0 Å². The Morgan fingerprint density at radius 2 is 2.19 bits per heavy atom. The minimum atomic E-state index is -3.77. The van der Waals surface area contributed by atoms with E-state index in [0.29, 0.717) is 18.7 Å². The topological polar surface area (TPSA) is 60.9 Å². The third kappa shape index (κ3) is 3.36. The second-order valence-corrected chi connectivity index (χ2v) is 6.90. The Kier molecular flexibility index (Phi) is 5.18. The maximum atomic E-state index is 13.4. The number of nitrogens with zero attached hydrogens (tertiary/aromatic N) is 2. The molecule has 1 saturated heterocycles. The number of anilines is 1. The van der Waals surface area contributed by atoms with Crippen LogP contribution in [0.4, 0.5) is 10.1 Å². The van der Waals surface area contributed by atoms with Crippen molar-refractivity contribution in [1.29, 1.82) is 0 Å². The highest BCUT2D eigenvalue weighted by atomic mass is 32.2. The summed E-state index contributed by atoms with van der Waals surface area (Å²) in [6, 6.07) is 5.15. The van der Waals surface area contributed by atoms with Crippen molar-refractivity contribution in [3.8, 4) is 0 Å². The Hall–Kier alpha value is -1.18. The summed E-state index contributed by atoms with van der Waals surface area (Å²) in [6.45, 7) is 2.11. The van der Waals surface area contributed by atoms with Crippen molar-refractivity contribution in [2.24, 2.45) is 0 Å². The van der Waals surface area contributed by atoms with Gasteiger partial charge in [-0.25, -0.2) is 4.39 Å². The Bertz CT molecular complexity index is 579. The third-order valence-corrected chi connectivity index (χ3v) is 5.84. The first kappa shape index (κ1) is 16.2. The molecule has 0 amide bonds. The monoisotopic (exact) mass is 316 g/mol. The molecule has 1 heterocycles. The molecule has 0 radical (unpaired) electrons. The highest BCUT2D eigenvalue weighted by Crippen LogP contribution is 2.26. The van der Waals surface area contributed by atoms with Crippen LogP contribution in [0.25, 0.3) is 0 Å². The van der Waals surface area contributed by atoms with Crippen molar-refractivity contribution in [2.75, 3.05) is 24.0 Å². The first-order valence-corrected chi connectivity index (χ1v) is 8.56. The van der Waals surface area contributed by atoms with Crippen LogP contribution in [0, 0.1) is 5.82 Å².